The molecule has 1 aromatic carbocycles. The lowest BCUT2D eigenvalue weighted by atomic mass is 9.98. The highest BCUT2D eigenvalue weighted by molar-refractivity contribution is 5.76. The Labute approximate surface area is 260 Å². The summed E-state index contributed by atoms with van der Waals surface area (Å²) >= 11 is 0. The number of hydrogen-bond donors (Lipinski definition) is 1. The van der Waals surface area contributed by atoms with Crippen molar-refractivity contribution >= 4 is 24.4 Å². The van der Waals surface area contributed by atoms with Crippen LogP contribution in [0.25, 0.3) is 0 Å². The second-order valence-electron chi connectivity index (χ2n) is 12.0. The van der Waals surface area contributed by atoms with Crippen LogP contribution >= 0.6 is 0 Å². The van der Waals surface area contributed by atoms with Gasteiger partial charge in [0.15, 0.2) is 11.5 Å². The summed E-state index contributed by atoms with van der Waals surface area (Å²) in [5.41, 5.74) is 6.61. The summed E-state index contributed by atoms with van der Waals surface area (Å²) in [5, 5.41) is 0. The van der Waals surface area contributed by atoms with Crippen LogP contribution in [-0.4, -0.2) is 62.0 Å². The number of ether oxygens (including phenoxy) is 7. The van der Waals surface area contributed by atoms with Crippen molar-refractivity contribution in [3.63, 3.8) is 0 Å². The number of benzene rings is 1. The number of carbonyl (C=O) groups is 4. The number of nitrogens with two attached hydrogens (primary N) is 1. The molecule has 1 unspecified atom stereocenters. The van der Waals surface area contributed by atoms with Crippen molar-refractivity contribution in [2.75, 3.05) is 13.2 Å². The van der Waals surface area contributed by atoms with Gasteiger partial charge in [-0.15, -0.1) is 0 Å². The summed E-state index contributed by atoms with van der Waals surface area (Å²) in [6.07, 6.45) is 1.63. The van der Waals surface area contributed by atoms with E-state index >= 15 is 0 Å². The molecule has 0 aromatic heterocycles. The summed E-state index contributed by atoms with van der Waals surface area (Å²) in [6.45, 7) is 11.5. The molecular weight excluding hydrogens is 574 g/mol. The molecule has 1 fully saturated rings. The van der Waals surface area contributed by atoms with Crippen LogP contribution in [-0.2, 0) is 34.9 Å². The maximum Gasteiger partial charge on any atom is 0.513 e. The molecule has 1 aliphatic rings. The zero-order valence-electron chi connectivity index (χ0n) is 26.8. The third kappa shape index (κ3) is 14.3. The van der Waals surface area contributed by atoms with Crippen LogP contribution < -0.4 is 15.2 Å². The van der Waals surface area contributed by atoms with Crippen molar-refractivity contribution < 1.29 is 52.3 Å². The van der Waals surface area contributed by atoms with Crippen LogP contribution in [0.5, 0.6) is 11.5 Å². The van der Waals surface area contributed by atoms with E-state index in [2.05, 4.69) is 0 Å². The molecule has 2 rings (SSSR count). The highest BCUT2D eigenvalue weighted by Crippen LogP contribution is 2.30. The standard InChI is InChI=1S/C32H49NO11/c1-20(2)14-16-38-30(35)43-27-13-12-24(19-28(27)44-31(36)39-17-15-21(3)4)18-26(33)29(34)40-22(5)23(6)41-32(37)42-25-10-8-7-9-11-25/h12-13,19-23,25-26H,7-11,14-18,33H2,1-6H3/t22-,23?,26-/m0/s1. The summed E-state index contributed by atoms with van der Waals surface area (Å²) in [5.74, 6) is -0.248. The maximum absolute atomic E-state index is 12.8. The molecule has 44 heavy (non-hydrogen) atoms. The van der Waals surface area contributed by atoms with Crippen LogP contribution in [0.4, 0.5) is 14.4 Å². The monoisotopic (exact) mass is 623 g/mol. The van der Waals surface area contributed by atoms with E-state index in [1.807, 2.05) is 27.7 Å². The summed E-state index contributed by atoms with van der Waals surface area (Å²) in [7, 11) is 0. The molecule has 2 N–H and O–H groups in total. The smallest absolute Gasteiger partial charge is 0.458 e. The van der Waals surface area contributed by atoms with E-state index in [4.69, 9.17) is 38.9 Å². The fraction of sp³-hybridized carbons (Fsp3) is 0.688. The van der Waals surface area contributed by atoms with Crippen LogP contribution in [0, 0.1) is 11.8 Å². The lowest BCUT2D eigenvalue weighted by molar-refractivity contribution is -0.155. The predicted molar refractivity (Wildman–Crippen MR) is 160 cm³/mol. The molecule has 0 radical (unpaired) electrons. The molecular formula is C32H49NO11. The van der Waals surface area contributed by atoms with E-state index in [1.54, 1.807) is 19.9 Å². The van der Waals surface area contributed by atoms with Crippen LogP contribution in [0.2, 0.25) is 0 Å². The third-order valence-corrected chi connectivity index (χ3v) is 7.04. The van der Waals surface area contributed by atoms with Gasteiger partial charge in [0.25, 0.3) is 0 Å². The highest BCUT2D eigenvalue weighted by atomic mass is 16.8. The Morgan fingerprint density at radius 2 is 1.30 bits per heavy atom. The topological polar surface area (TPSA) is 159 Å². The van der Waals surface area contributed by atoms with Gasteiger partial charge in [-0.2, -0.15) is 0 Å². The first-order valence-electron chi connectivity index (χ1n) is 15.5. The number of esters is 1. The van der Waals surface area contributed by atoms with Crippen molar-refractivity contribution in [3.8, 4) is 11.5 Å². The Morgan fingerprint density at radius 1 is 0.750 bits per heavy atom. The van der Waals surface area contributed by atoms with Crippen LogP contribution in [0.3, 0.4) is 0 Å². The van der Waals surface area contributed by atoms with Gasteiger partial charge in [-0.3, -0.25) is 4.79 Å². The van der Waals surface area contributed by atoms with Crippen LogP contribution in [0.1, 0.15) is 92.1 Å². The summed E-state index contributed by atoms with van der Waals surface area (Å²) in [6, 6.07) is 3.29. The van der Waals surface area contributed by atoms with Gasteiger partial charge in [-0.05, 0) is 88.3 Å². The van der Waals surface area contributed by atoms with E-state index in [0.717, 1.165) is 32.1 Å². The van der Waals surface area contributed by atoms with Crippen molar-refractivity contribution in [2.24, 2.45) is 17.6 Å². The third-order valence-electron chi connectivity index (χ3n) is 7.04. The molecule has 1 saturated carbocycles. The second-order valence-corrected chi connectivity index (χ2v) is 12.0. The summed E-state index contributed by atoms with van der Waals surface area (Å²) < 4.78 is 36.9. The first-order chi connectivity index (χ1) is 20.8. The van der Waals surface area contributed by atoms with Gasteiger partial charge < -0.3 is 38.9 Å². The average Bonchev–Trinajstić information content (AvgIpc) is 2.94. The van der Waals surface area contributed by atoms with Crippen molar-refractivity contribution in [1.29, 1.82) is 0 Å². The Balaban J connectivity index is 1.99. The van der Waals surface area contributed by atoms with E-state index in [0.29, 0.717) is 30.2 Å². The highest BCUT2D eigenvalue weighted by Gasteiger charge is 2.27. The normalized spacial score (nSPS) is 15.6. The number of carbonyl (C=O) groups excluding carboxylic acids is 4. The molecule has 248 valence electrons. The molecule has 0 aliphatic heterocycles. The van der Waals surface area contributed by atoms with Gasteiger partial charge in [0.1, 0.15) is 24.4 Å². The lowest BCUT2D eigenvalue weighted by Gasteiger charge is -2.25. The van der Waals surface area contributed by atoms with E-state index in [9.17, 15) is 19.2 Å². The molecule has 0 amide bonds. The van der Waals surface area contributed by atoms with Crippen molar-refractivity contribution in [2.45, 2.75) is 117 Å². The average molecular weight is 624 g/mol. The van der Waals surface area contributed by atoms with E-state index in [-0.39, 0.29) is 37.2 Å². The molecule has 0 heterocycles. The first kappa shape index (κ1) is 36.7. The first-order valence-corrected chi connectivity index (χ1v) is 15.5. The van der Waals surface area contributed by atoms with Gasteiger partial charge in [0.05, 0.1) is 13.2 Å². The van der Waals surface area contributed by atoms with Gasteiger partial charge in [0, 0.05) is 0 Å². The van der Waals surface area contributed by atoms with Gasteiger partial charge in [0.2, 0.25) is 0 Å². The zero-order valence-corrected chi connectivity index (χ0v) is 26.8. The zero-order chi connectivity index (χ0) is 32.6. The Bertz CT molecular complexity index is 1070. The molecule has 1 aliphatic carbocycles. The van der Waals surface area contributed by atoms with E-state index < -0.39 is 42.7 Å². The van der Waals surface area contributed by atoms with Crippen molar-refractivity contribution in [1.82, 2.24) is 0 Å². The molecule has 12 nitrogen and oxygen atoms in total. The molecule has 0 spiro atoms. The number of hydrogen-bond acceptors (Lipinski definition) is 12. The molecule has 0 saturated heterocycles. The Kier molecular flexibility index (Phi) is 15.8. The minimum Gasteiger partial charge on any atom is -0.458 e. The van der Waals surface area contributed by atoms with Gasteiger partial charge in [-0.1, -0.05) is 40.2 Å². The number of rotatable bonds is 15. The predicted octanol–water partition coefficient (Wildman–Crippen LogP) is 6.49. The van der Waals surface area contributed by atoms with Crippen molar-refractivity contribution in [3.05, 3.63) is 23.8 Å². The minimum absolute atomic E-state index is 0.00237. The Morgan fingerprint density at radius 3 is 1.86 bits per heavy atom. The maximum atomic E-state index is 12.8. The molecule has 0 bridgehead atoms. The largest absolute Gasteiger partial charge is 0.513 e. The lowest BCUT2D eigenvalue weighted by Crippen LogP contribution is -2.39. The SMILES string of the molecule is CC(C)CCOC(=O)Oc1ccc(C[C@H](N)C(=O)O[C@@H](C)C(C)OC(=O)OC2CCCCC2)cc1OC(=O)OCCC(C)C. The summed E-state index contributed by atoms with van der Waals surface area (Å²) in [4.78, 5) is 49.5. The quantitative estimate of drug-likeness (QED) is 0.129. The molecule has 12 heteroatoms. The van der Waals surface area contributed by atoms with Gasteiger partial charge in [-0.25, -0.2) is 14.4 Å². The second kappa shape index (κ2) is 19.0. The molecule has 3 atom stereocenters. The fourth-order valence-electron chi connectivity index (χ4n) is 4.14. The van der Waals surface area contributed by atoms with Gasteiger partial charge >= 0.3 is 24.4 Å². The van der Waals surface area contributed by atoms with E-state index in [1.165, 1.54) is 12.1 Å². The molecule has 1 aromatic rings. The fourth-order valence-corrected chi connectivity index (χ4v) is 4.14. The van der Waals surface area contributed by atoms with Crippen LogP contribution in [0.15, 0.2) is 18.2 Å². The minimum atomic E-state index is -1.10. The Hall–Kier alpha value is -3.54.